The first-order chi connectivity index (χ1) is 21.3. The molecule has 0 aromatic carbocycles. The van der Waals surface area contributed by atoms with Gasteiger partial charge in [-0.15, -0.1) is 11.6 Å². The molecule has 14 heteroatoms. The second-order valence-corrected chi connectivity index (χ2v) is 11.8. The lowest BCUT2D eigenvalue weighted by molar-refractivity contribution is -0.229. The number of hydrogen-bond donors (Lipinski definition) is 5. The Morgan fingerprint density at radius 3 is 2.24 bits per heavy atom. The molecule has 0 aromatic rings. The van der Waals surface area contributed by atoms with Gasteiger partial charge in [0.15, 0.2) is 12.0 Å². The first-order valence-corrected chi connectivity index (χ1v) is 15.1. The van der Waals surface area contributed by atoms with Gasteiger partial charge in [-0.05, 0) is 37.6 Å². The summed E-state index contributed by atoms with van der Waals surface area (Å²) >= 11 is 18.7. The quantitative estimate of drug-likeness (QED) is 0.0719. The number of nitrogens with two attached hydrogens (primary N) is 1. The van der Waals surface area contributed by atoms with Gasteiger partial charge >= 0.3 is 0 Å². The Bertz CT molecular complexity index is 1370. The number of rotatable bonds is 11. The monoisotopic (exact) mass is 684 g/mol. The Balaban J connectivity index is 1.58. The molecule has 5 unspecified atom stereocenters. The number of ether oxygens (including phenoxy) is 2. The van der Waals surface area contributed by atoms with E-state index < -0.39 is 72.5 Å². The van der Waals surface area contributed by atoms with E-state index in [1.165, 1.54) is 12.2 Å². The highest BCUT2D eigenvalue weighted by molar-refractivity contribution is 6.32. The van der Waals surface area contributed by atoms with Crippen LogP contribution in [0, 0.1) is 0 Å². The maximum Gasteiger partial charge on any atom is 0.264 e. The summed E-state index contributed by atoms with van der Waals surface area (Å²) < 4.78 is 11.0. The van der Waals surface area contributed by atoms with Crippen molar-refractivity contribution >= 4 is 52.4 Å². The van der Waals surface area contributed by atoms with Gasteiger partial charge in [0.25, 0.3) is 5.91 Å². The number of Topliss-reactive ketones (excluding diaryl/α,β-unsaturated/α-hetero) is 1. The van der Waals surface area contributed by atoms with Crippen LogP contribution in [0.4, 0.5) is 0 Å². The molecule has 0 aromatic heterocycles. The van der Waals surface area contributed by atoms with Crippen molar-refractivity contribution in [2.24, 2.45) is 5.73 Å². The number of alkyl halides is 1. The number of halogens is 3. The van der Waals surface area contributed by atoms with Crippen LogP contribution < -0.4 is 5.73 Å². The molecule has 0 spiro atoms. The molecule has 11 nitrogen and oxygen atoms in total. The fraction of sp³-hybridized carbons (Fsp3) is 0.387. The van der Waals surface area contributed by atoms with Crippen molar-refractivity contribution in [1.29, 1.82) is 0 Å². The van der Waals surface area contributed by atoms with Crippen LogP contribution in [0.2, 0.25) is 0 Å². The number of carbonyl (C=O) groups is 3. The predicted molar refractivity (Wildman–Crippen MR) is 169 cm³/mol. The molecule has 45 heavy (non-hydrogen) atoms. The fourth-order valence-electron chi connectivity index (χ4n) is 4.76. The van der Waals surface area contributed by atoms with E-state index in [9.17, 15) is 34.8 Å². The van der Waals surface area contributed by atoms with E-state index in [0.29, 0.717) is 10.1 Å². The lowest BCUT2D eigenvalue weighted by Gasteiger charge is -2.41. The Morgan fingerprint density at radius 1 is 0.978 bits per heavy atom. The number of carbonyl (C=O) groups excluding carboxylic acids is 3. The van der Waals surface area contributed by atoms with Crippen molar-refractivity contribution in [2.45, 2.75) is 67.9 Å². The van der Waals surface area contributed by atoms with Gasteiger partial charge in [-0.3, -0.25) is 19.3 Å². The lowest BCUT2D eigenvalue weighted by atomic mass is 10.0. The average Bonchev–Trinajstić information content (AvgIpc) is 3.44. The smallest absolute Gasteiger partial charge is 0.264 e. The van der Waals surface area contributed by atoms with Gasteiger partial charge in [0, 0.05) is 10.1 Å². The van der Waals surface area contributed by atoms with Crippen LogP contribution in [-0.4, -0.2) is 97.7 Å². The molecule has 3 saturated heterocycles. The molecule has 0 aliphatic carbocycles. The average molecular weight is 686 g/mol. The summed E-state index contributed by atoms with van der Waals surface area (Å²) in [6.45, 7) is 1.50. The van der Waals surface area contributed by atoms with Crippen molar-refractivity contribution in [3.8, 4) is 0 Å². The largest absolute Gasteiger partial charge is 0.507 e. The number of aliphatic hydroxyl groups excluding tert-OH is 4. The highest BCUT2D eigenvalue weighted by Crippen LogP contribution is 2.32. The molecule has 6 N–H and O–H groups in total. The van der Waals surface area contributed by atoms with E-state index >= 15 is 0 Å². The van der Waals surface area contributed by atoms with E-state index in [1.54, 1.807) is 54.7 Å². The molecule has 3 fully saturated rings. The molecule has 0 bridgehead atoms. The van der Waals surface area contributed by atoms with E-state index in [-0.39, 0.29) is 17.6 Å². The van der Waals surface area contributed by atoms with Crippen LogP contribution in [0.3, 0.4) is 0 Å². The third kappa shape index (κ3) is 9.74. The Hall–Kier alpha value is -3.00. The number of likely N-dealkylation sites (tertiary alicyclic amines) is 1. The molecule has 244 valence electrons. The van der Waals surface area contributed by atoms with Crippen molar-refractivity contribution < 1.29 is 44.3 Å². The number of nitrogens with zero attached hydrogens (tertiary/aromatic N) is 1. The minimum Gasteiger partial charge on any atom is -0.507 e. The van der Waals surface area contributed by atoms with Crippen molar-refractivity contribution in [1.82, 2.24) is 4.90 Å². The second-order valence-electron chi connectivity index (χ2n) is 10.4. The van der Waals surface area contributed by atoms with Gasteiger partial charge in [-0.25, -0.2) is 0 Å². The number of allylic oxidation sites excluding steroid dienone is 13. The Morgan fingerprint density at radius 2 is 1.62 bits per heavy atom. The Kier molecular flexibility index (Phi) is 13.8. The van der Waals surface area contributed by atoms with Gasteiger partial charge in [0.2, 0.25) is 5.91 Å². The fourth-order valence-corrected chi connectivity index (χ4v) is 5.70. The summed E-state index contributed by atoms with van der Waals surface area (Å²) in [4.78, 5) is 38.5. The van der Waals surface area contributed by atoms with Crippen LogP contribution in [0.15, 0.2) is 94.3 Å². The zero-order valence-corrected chi connectivity index (χ0v) is 26.4. The molecule has 2 amide bonds. The molecule has 3 heterocycles. The van der Waals surface area contributed by atoms with Gasteiger partial charge in [0.05, 0.1) is 24.5 Å². The third-order valence-corrected chi connectivity index (χ3v) is 7.96. The van der Waals surface area contributed by atoms with Gasteiger partial charge in [-0.1, -0.05) is 71.8 Å². The summed E-state index contributed by atoms with van der Waals surface area (Å²) in [5.74, 6) is -3.54. The molecule has 3 aliphatic heterocycles. The molecule has 3 rings (SSSR count). The van der Waals surface area contributed by atoms with Crippen LogP contribution >= 0.6 is 34.8 Å². The van der Waals surface area contributed by atoms with E-state index in [0.717, 1.165) is 17.4 Å². The number of aliphatic hydroxyl groups is 4. The van der Waals surface area contributed by atoms with Crippen LogP contribution in [0.25, 0.3) is 0 Å². The maximum atomic E-state index is 13.1. The number of hydrogen-bond acceptors (Lipinski definition) is 9. The lowest BCUT2D eigenvalue weighted by Crippen LogP contribution is -2.61. The second kappa shape index (κ2) is 17.1. The van der Waals surface area contributed by atoms with E-state index in [4.69, 9.17) is 50.0 Å². The minimum absolute atomic E-state index is 0.0532. The summed E-state index contributed by atoms with van der Waals surface area (Å²) in [5.41, 5.74) is 4.61. The zero-order chi connectivity index (χ0) is 33.3. The number of primary amides is 1. The molecular weight excluding hydrogens is 651 g/mol. The summed E-state index contributed by atoms with van der Waals surface area (Å²) in [6.07, 6.45) is 12.5. The maximum absolute atomic E-state index is 13.1. The predicted octanol–water partition coefficient (Wildman–Crippen LogP) is 2.70. The standard InChI is InChI=1S/C31H35Cl3N2O9/c1-17-14-20(34)29(45-17)19(33)12-9-11-18(32)10-7-5-3-2-4-6-8-13-22(37)25-26(40)21(15-24(35)39)36(30(25)43)31-28(42)27(41)23(38)16-44-31/h2-13,17,20-21,23,27-29,31,37-38,41-42H,14-16H2,1H3,(H2,35,39)/b3-2+,6-4+,7-5+,11-9+,13-8+,18-10-,19-12-,25-22-/t17-,20+,21+,23?,27?,28?,29?,31?/m1/s1. The number of ketones is 1. The van der Waals surface area contributed by atoms with Crippen molar-refractivity contribution in [3.63, 3.8) is 0 Å². The van der Waals surface area contributed by atoms with Crippen molar-refractivity contribution in [2.75, 3.05) is 6.61 Å². The zero-order valence-electron chi connectivity index (χ0n) is 24.2. The normalized spacial score (nSPS) is 33.4. The van der Waals surface area contributed by atoms with Gasteiger partial charge in [-0.2, -0.15) is 0 Å². The highest BCUT2D eigenvalue weighted by Gasteiger charge is 2.53. The van der Waals surface area contributed by atoms with E-state index in [1.807, 2.05) is 6.92 Å². The first-order valence-electron chi connectivity index (χ1n) is 13.9. The number of amides is 2. The SMILES string of the molecule is C[C@@H]1C[C@H](Cl)C(/C(Cl)=C/C=C/C(Cl)=C/C=C/C=C/C=C/C=C/C(O)=C2\C(=O)[C@H](CC(N)=O)N(C3OCC(O)C(O)C3O)C2=O)O1. The molecule has 0 radical (unpaired) electrons. The van der Waals surface area contributed by atoms with Crippen LogP contribution in [0.1, 0.15) is 19.8 Å². The van der Waals surface area contributed by atoms with Crippen LogP contribution in [-0.2, 0) is 23.9 Å². The molecule has 3 aliphatic rings. The summed E-state index contributed by atoms with van der Waals surface area (Å²) in [6, 6.07) is -1.48. The minimum atomic E-state index is -1.79. The first kappa shape index (κ1) is 36.5. The topological polar surface area (TPSA) is 180 Å². The Labute approximate surface area is 275 Å². The third-order valence-electron chi connectivity index (χ3n) is 6.96. The molecule has 8 atom stereocenters. The van der Waals surface area contributed by atoms with E-state index in [2.05, 4.69) is 0 Å². The van der Waals surface area contributed by atoms with Gasteiger partial charge < -0.3 is 35.6 Å². The summed E-state index contributed by atoms with van der Waals surface area (Å²) in [7, 11) is 0. The van der Waals surface area contributed by atoms with Gasteiger partial charge in [0.1, 0.15) is 41.8 Å². The highest BCUT2D eigenvalue weighted by atomic mass is 35.5. The van der Waals surface area contributed by atoms with Crippen molar-refractivity contribution in [3.05, 3.63) is 94.3 Å². The van der Waals surface area contributed by atoms with Crippen LogP contribution in [0.5, 0.6) is 0 Å². The summed E-state index contributed by atoms with van der Waals surface area (Å²) in [5, 5.41) is 41.4. The molecule has 0 saturated carbocycles. The molecular formula is C31H35Cl3N2O9.